The highest BCUT2D eigenvalue weighted by molar-refractivity contribution is 6.21. The van der Waals surface area contributed by atoms with Crippen LogP contribution in [-0.4, -0.2) is 42.1 Å². The molecule has 1 aliphatic rings. The van der Waals surface area contributed by atoms with Gasteiger partial charge in [-0.2, -0.15) is 0 Å². The van der Waals surface area contributed by atoms with E-state index in [-0.39, 0.29) is 11.8 Å². The number of hydrogen-bond acceptors (Lipinski definition) is 3. The quantitative estimate of drug-likeness (QED) is 0.630. The Labute approximate surface area is 154 Å². The van der Waals surface area contributed by atoms with E-state index < -0.39 is 0 Å². The molecule has 5 heteroatoms. The molecule has 0 bridgehead atoms. The largest absolute Gasteiger partial charge is 0.351 e. The highest BCUT2D eigenvalue weighted by atomic mass is 16.2. The summed E-state index contributed by atoms with van der Waals surface area (Å²) in [5.41, 5.74) is 5.48. The Morgan fingerprint density at radius 2 is 1.35 bits per heavy atom. The Kier molecular flexibility index (Phi) is 5.93. The minimum Gasteiger partial charge on any atom is -0.351 e. The first kappa shape index (κ1) is 19.4. The Morgan fingerprint density at radius 3 is 1.73 bits per heavy atom. The van der Waals surface area contributed by atoms with Crippen LogP contribution in [0.15, 0.2) is 36.4 Å². The third-order valence-corrected chi connectivity index (χ3v) is 4.25. The van der Waals surface area contributed by atoms with Crippen molar-refractivity contribution < 1.29 is 14.4 Å². The number of amides is 3. The highest BCUT2D eigenvalue weighted by Crippen LogP contribution is 2.26. The average molecular weight is 352 g/mol. The molecule has 0 aliphatic carbocycles. The van der Waals surface area contributed by atoms with Gasteiger partial charge in [0, 0.05) is 14.1 Å². The first-order chi connectivity index (χ1) is 12.3. The lowest BCUT2D eigenvalue weighted by Crippen LogP contribution is -2.29. The van der Waals surface area contributed by atoms with Gasteiger partial charge in [0.05, 0.1) is 17.7 Å². The smallest absolute Gasteiger partial charge is 0.261 e. The molecule has 0 saturated heterocycles. The topological polar surface area (TPSA) is 57.7 Å². The maximum atomic E-state index is 12.4. The molecule has 1 heterocycles. The lowest BCUT2D eigenvalue weighted by Gasteiger charge is -2.18. The summed E-state index contributed by atoms with van der Waals surface area (Å²) in [6.45, 7) is 6.43. The average Bonchev–Trinajstić information content (AvgIpc) is 2.83. The standard InChI is InChI=1S/C18H17NO2.C3H7NO/c1-11-8-12(2)16(13(3)9-11)10-19-17(20)14-6-4-5-7-15(14)18(19)21;1-4(2)3-5/h4-9H,10H2,1-3H3;3H,1-2H3. The molecule has 0 saturated carbocycles. The normalized spacial score (nSPS) is 12.4. The number of carbonyl (C=O) groups excluding carboxylic acids is 3. The number of hydrogen-bond donors (Lipinski definition) is 0. The molecule has 2 aromatic rings. The van der Waals surface area contributed by atoms with Crippen LogP contribution in [0.25, 0.3) is 0 Å². The van der Waals surface area contributed by atoms with Crippen molar-refractivity contribution in [2.75, 3.05) is 14.1 Å². The summed E-state index contributed by atoms with van der Waals surface area (Å²) in [6, 6.07) is 11.2. The van der Waals surface area contributed by atoms with Gasteiger partial charge in [-0.25, -0.2) is 0 Å². The summed E-state index contributed by atoms with van der Waals surface area (Å²) in [6.07, 6.45) is 0.750. The maximum absolute atomic E-state index is 12.4. The van der Waals surface area contributed by atoms with Crippen molar-refractivity contribution in [3.05, 3.63) is 69.8 Å². The summed E-state index contributed by atoms with van der Waals surface area (Å²) in [4.78, 5) is 37.0. The zero-order valence-electron chi connectivity index (χ0n) is 15.9. The third-order valence-electron chi connectivity index (χ3n) is 4.25. The summed E-state index contributed by atoms with van der Waals surface area (Å²) in [5, 5.41) is 0. The number of carbonyl (C=O) groups is 3. The molecular formula is C21H24N2O3. The van der Waals surface area contributed by atoms with E-state index in [2.05, 4.69) is 12.1 Å². The van der Waals surface area contributed by atoms with Gasteiger partial charge in [-0.3, -0.25) is 19.3 Å². The summed E-state index contributed by atoms with van der Waals surface area (Å²) >= 11 is 0. The van der Waals surface area contributed by atoms with Crippen molar-refractivity contribution in [2.45, 2.75) is 27.3 Å². The van der Waals surface area contributed by atoms with Crippen molar-refractivity contribution in [3.8, 4) is 0 Å². The predicted molar refractivity (Wildman–Crippen MR) is 101 cm³/mol. The van der Waals surface area contributed by atoms with Gasteiger partial charge >= 0.3 is 0 Å². The van der Waals surface area contributed by atoms with Crippen molar-refractivity contribution in [1.29, 1.82) is 0 Å². The van der Waals surface area contributed by atoms with Crippen LogP contribution in [0.3, 0.4) is 0 Å². The number of aryl methyl sites for hydroxylation is 3. The first-order valence-corrected chi connectivity index (χ1v) is 8.40. The molecule has 0 aromatic heterocycles. The van der Waals surface area contributed by atoms with Gasteiger partial charge < -0.3 is 4.90 Å². The van der Waals surface area contributed by atoms with E-state index in [0.29, 0.717) is 17.7 Å². The van der Waals surface area contributed by atoms with Crippen LogP contribution < -0.4 is 0 Å². The van der Waals surface area contributed by atoms with Gasteiger partial charge in [-0.05, 0) is 49.6 Å². The molecular weight excluding hydrogens is 328 g/mol. The maximum Gasteiger partial charge on any atom is 0.261 e. The fourth-order valence-electron chi connectivity index (χ4n) is 3.00. The van der Waals surface area contributed by atoms with Gasteiger partial charge in [0.15, 0.2) is 0 Å². The van der Waals surface area contributed by atoms with Crippen LogP contribution in [0.4, 0.5) is 0 Å². The summed E-state index contributed by atoms with van der Waals surface area (Å²) in [5.74, 6) is -0.398. The second kappa shape index (κ2) is 7.95. The van der Waals surface area contributed by atoms with Crippen molar-refractivity contribution in [3.63, 3.8) is 0 Å². The summed E-state index contributed by atoms with van der Waals surface area (Å²) in [7, 11) is 3.38. The van der Waals surface area contributed by atoms with Crippen LogP contribution in [0, 0.1) is 20.8 Å². The SMILES string of the molecule is CN(C)C=O.Cc1cc(C)c(CN2C(=O)c3ccccc3C2=O)c(C)c1. The highest BCUT2D eigenvalue weighted by Gasteiger charge is 2.35. The fraction of sp³-hybridized carbons (Fsp3) is 0.286. The molecule has 3 rings (SSSR count). The van der Waals surface area contributed by atoms with Crippen LogP contribution in [0.2, 0.25) is 0 Å². The van der Waals surface area contributed by atoms with Gasteiger partial charge in [-0.1, -0.05) is 29.8 Å². The molecule has 0 N–H and O–H groups in total. The Balaban J connectivity index is 0.000000431. The molecule has 0 radical (unpaired) electrons. The number of fused-ring (bicyclic) bond motifs is 1. The van der Waals surface area contributed by atoms with Gasteiger partial charge in [-0.15, -0.1) is 0 Å². The Morgan fingerprint density at radius 1 is 0.923 bits per heavy atom. The van der Waals surface area contributed by atoms with E-state index in [1.807, 2.05) is 20.8 Å². The van der Waals surface area contributed by atoms with E-state index in [0.717, 1.165) is 23.1 Å². The number of benzene rings is 2. The number of rotatable bonds is 3. The van der Waals surface area contributed by atoms with E-state index in [1.54, 1.807) is 38.4 Å². The number of imide groups is 1. The molecule has 1 aliphatic heterocycles. The number of nitrogens with zero attached hydrogens (tertiary/aromatic N) is 2. The molecule has 136 valence electrons. The monoisotopic (exact) mass is 352 g/mol. The zero-order chi connectivity index (χ0) is 19.4. The minimum atomic E-state index is -0.199. The summed E-state index contributed by atoms with van der Waals surface area (Å²) < 4.78 is 0. The van der Waals surface area contributed by atoms with Crippen LogP contribution in [0.1, 0.15) is 43.0 Å². The minimum absolute atomic E-state index is 0.199. The molecule has 0 spiro atoms. The molecule has 2 aromatic carbocycles. The van der Waals surface area contributed by atoms with E-state index in [1.165, 1.54) is 15.4 Å². The Bertz CT molecular complexity index is 798. The lowest BCUT2D eigenvalue weighted by atomic mass is 9.99. The van der Waals surface area contributed by atoms with Crippen LogP contribution in [-0.2, 0) is 11.3 Å². The Hall–Kier alpha value is -2.95. The van der Waals surface area contributed by atoms with Gasteiger partial charge in [0.1, 0.15) is 0 Å². The second-order valence-corrected chi connectivity index (χ2v) is 6.69. The second-order valence-electron chi connectivity index (χ2n) is 6.69. The van der Waals surface area contributed by atoms with Crippen molar-refractivity contribution in [2.24, 2.45) is 0 Å². The molecule has 3 amide bonds. The van der Waals surface area contributed by atoms with E-state index in [9.17, 15) is 14.4 Å². The van der Waals surface area contributed by atoms with Gasteiger partial charge in [0.2, 0.25) is 6.41 Å². The zero-order valence-corrected chi connectivity index (χ0v) is 15.9. The van der Waals surface area contributed by atoms with E-state index in [4.69, 9.17) is 0 Å². The van der Waals surface area contributed by atoms with Gasteiger partial charge in [0.25, 0.3) is 11.8 Å². The van der Waals surface area contributed by atoms with Crippen molar-refractivity contribution >= 4 is 18.2 Å². The molecule has 5 nitrogen and oxygen atoms in total. The molecule has 0 fully saturated rings. The fourth-order valence-corrected chi connectivity index (χ4v) is 3.00. The lowest BCUT2D eigenvalue weighted by molar-refractivity contribution is -0.115. The molecule has 26 heavy (non-hydrogen) atoms. The van der Waals surface area contributed by atoms with Crippen LogP contribution in [0.5, 0.6) is 0 Å². The third kappa shape index (κ3) is 3.99. The first-order valence-electron chi connectivity index (χ1n) is 8.40. The predicted octanol–water partition coefficient (Wildman–Crippen LogP) is 3.11. The van der Waals surface area contributed by atoms with Crippen molar-refractivity contribution in [1.82, 2.24) is 9.80 Å². The van der Waals surface area contributed by atoms with E-state index >= 15 is 0 Å². The van der Waals surface area contributed by atoms with Crippen LogP contribution >= 0.6 is 0 Å². The molecule has 0 atom stereocenters. The molecule has 0 unspecified atom stereocenters.